The normalized spacial score (nSPS) is 12.8. The first kappa shape index (κ1) is 27.2. The van der Waals surface area contributed by atoms with Crippen LogP contribution in [0.4, 0.5) is 20.3 Å². The minimum atomic E-state index is -0.890. The number of aromatic nitrogens is 3. The Kier molecular flexibility index (Phi) is 7.56. The Morgan fingerprint density at radius 3 is 2.69 bits per heavy atom. The highest BCUT2D eigenvalue weighted by Crippen LogP contribution is 2.23. The van der Waals surface area contributed by atoms with Gasteiger partial charge >= 0.3 is 0 Å². The molecule has 1 aliphatic heterocycles. The maximum absolute atomic E-state index is 14.3. The van der Waals surface area contributed by atoms with Gasteiger partial charge in [0.25, 0.3) is 5.91 Å². The van der Waals surface area contributed by atoms with Crippen LogP contribution >= 0.6 is 0 Å². The number of halogens is 2. The van der Waals surface area contributed by atoms with Crippen LogP contribution in [0.1, 0.15) is 41.4 Å². The SMILES string of the molecule is CC(C)N1CCn2c(CNC(=O)CNc3nc(C(=N)c4cc(F)ccc4N)ncc3F)cc(=O)c(O)c2C1=O. The number of amides is 2. The number of hydrogen-bond acceptors (Lipinski definition) is 9. The highest BCUT2D eigenvalue weighted by molar-refractivity contribution is 6.11. The zero-order valence-corrected chi connectivity index (χ0v) is 21.1. The van der Waals surface area contributed by atoms with Gasteiger partial charge in [-0.2, -0.15) is 0 Å². The Morgan fingerprint density at radius 2 is 1.97 bits per heavy atom. The average Bonchev–Trinajstić information content (AvgIpc) is 2.90. The molecule has 2 aromatic heterocycles. The molecule has 0 spiro atoms. The summed E-state index contributed by atoms with van der Waals surface area (Å²) in [6.45, 7) is 3.75. The third-order valence-corrected chi connectivity index (χ3v) is 6.16. The van der Waals surface area contributed by atoms with Gasteiger partial charge in [-0.15, -0.1) is 0 Å². The van der Waals surface area contributed by atoms with E-state index in [0.29, 0.717) is 18.8 Å². The zero-order chi connectivity index (χ0) is 28.4. The van der Waals surface area contributed by atoms with Crippen molar-refractivity contribution in [3.8, 4) is 5.75 Å². The second-order valence-corrected chi connectivity index (χ2v) is 9.07. The third-order valence-electron chi connectivity index (χ3n) is 6.16. The van der Waals surface area contributed by atoms with Crippen molar-refractivity contribution in [1.82, 2.24) is 24.8 Å². The number of rotatable bonds is 8. The molecule has 0 bridgehead atoms. The van der Waals surface area contributed by atoms with Crippen molar-refractivity contribution in [3.63, 3.8) is 0 Å². The number of fused-ring (bicyclic) bond motifs is 1. The Hall–Kier alpha value is -4.88. The molecule has 0 saturated carbocycles. The maximum atomic E-state index is 14.3. The Morgan fingerprint density at radius 1 is 1.23 bits per heavy atom. The number of nitrogens with one attached hydrogen (secondary N) is 3. The molecule has 0 atom stereocenters. The summed E-state index contributed by atoms with van der Waals surface area (Å²) in [5.74, 6) is -3.86. The number of nitrogens with two attached hydrogens (primary N) is 1. The van der Waals surface area contributed by atoms with E-state index in [4.69, 9.17) is 11.1 Å². The van der Waals surface area contributed by atoms with Crippen LogP contribution in [0.2, 0.25) is 0 Å². The molecule has 1 aromatic carbocycles. The summed E-state index contributed by atoms with van der Waals surface area (Å²) in [6, 6.07) is 4.46. The first-order valence-electron chi connectivity index (χ1n) is 11.9. The van der Waals surface area contributed by atoms with Crippen molar-refractivity contribution in [2.45, 2.75) is 33.0 Å². The molecule has 0 aliphatic carbocycles. The molecule has 39 heavy (non-hydrogen) atoms. The topological polar surface area (TPSA) is 179 Å². The van der Waals surface area contributed by atoms with Crippen molar-refractivity contribution < 1.29 is 23.5 Å². The minimum Gasteiger partial charge on any atom is -0.503 e. The summed E-state index contributed by atoms with van der Waals surface area (Å²) in [5, 5.41) is 23.6. The smallest absolute Gasteiger partial charge is 0.274 e. The lowest BCUT2D eigenvalue weighted by Crippen LogP contribution is -2.46. The highest BCUT2D eigenvalue weighted by Gasteiger charge is 2.31. The van der Waals surface area contributed by atoms with Gasteiger partial charge in [0.2, 0.25) is 11.3 Å². The van der Waals surface area contributed by atoms with E-state index in [9.17, 15) is 28.3 Å². The second kappa shape index (κ2) is 10.8. The molecule has 0 unspecified atom stereocenters. The number of carbonyl (C=O) groups is 2. The monoisotopic (exact) mass is 540 g/mol. The highest BCUT2D eigenvalue weighted by atomic mass is 19.1. The first-order chi connectivity index (χ1) is 18.5. The molecule has 1 aliphatic rings. The van der Waals surface area contributed by atoms with Crippen molar-refractivity contribution in [1.29, 1.82) is 5.41 Å². The molecule has 2 amide bonds. The lowest BCUT2D eigenvalue weighted by atomic mass is 10.1. The Balaban J connectivity index is 1.45. The maximum Gasteiger partial charge on any atom is 0.274 e. The molecular formula is C25H26F2N8O4. The van der Waals surface area contributed by atoms with E-state index < -0.39 is 41.2 Å². The lowest BCUT2D eigenvalue weighted by molar-refractivity contribution is -0.119. The summed E-state index contributed by atoms with van der Waals surface area (Å²) in [6.07, 6.45) is 0.805. The zero-order valence-electron chi connectivity index (χ0n) is 21.1. The van der Waals surface area contributed by atoms with Crippen LogP contribution in [0.3, 0.4) is 0 Å². The molecule has 3 aromatic rings. The molecule has 0 radical (unpaired) electrons. The summed E-state index contributed by atoms with van der Waals surface area (Å²) in [4.78, 5) is 46.8. The number of carbonyl (C=O) groups excluding carboxylic acids is 2. The summed E-state index contributed by atoms with van der Waals surface area (Å²) in [5.41, 5.74) is 5.02. The molecule has 6 N–H and O–H groups in total. The molecule has 12 nitrogen and oxygen atoms in total. The first-order valence-corrected chi connectivity index (χ1v) is 11.9. The predicted octanol–water partition coefficient (Wildman–Crippen LogP) is 1.21. The van der Waals surface area contributed by atoms with Gasteiger partial charge in [0, 0.05) is 42.1 Å². The Bertz CT molecular complexity index is 1540. The molecule has 0 fully saturated rings. The van der Waals surface area contributed by atoms with Crippen LogP contribution in [0.25, 0.3) is 0 Å². The standard InChI is InChI=1S/C25H26F2N8O4/c1-12(2)34-5-6-35-14(8-18(36)22(38)21(35)25(34)39)9-30-19(37)11-32-23-16(27)10-31-24(33-23)20(29)15-7-13(26)3-4-17(15)28/h3-4,7-8,10,12,29,38H,5-6,9,11,28H2,1-2H3,(H,30,37)(H,31,32,33). The number of aromatic hydroxyl groups is 1. The second-order valence-electron chi connectivity index (χ2n) is 9.07. The van der Waals surface area contributed by atoms with E-state index in [1.54, 1.807) is 0 Å². The van der Waals surface area contributed by atoms with Crippen LogP contribution in [0.5, 0.6) is 5.75 Å². The fourth-order valence-corrected chi connectivity index (χ4v) is 4.14. The van der Waals surface area contributed by atoms with Crippen LogP contribution in [0, 0.1) is 17.0 Å². The van der Waals surface area contributed by atoms with Crippen LogP contribution in [0.15, 0.2) is 35.3 Å². The number of nitrogen functional groups attached to an aromatic ring is 1. The average molecular weight is 541 g/mol. The van der Waals surface area contributed by atoms with Crippen LogP contribution < -0.4 is 21.8 Å². The number of pyridine rings is 1. The lowest BCUT2D eigenvalue weighted by Gasteiger charge is -2.34. The van der Waals surface area contributed by atoms with Crippen molar-refractivity contribution in [2.75, 3.05) is 24.1 Å². The molecule has 0 saturated heterocycles. The van der Waals surface area contributed by atoms with E-state index in [0.717, 1.165) is 24.4 Å². The molecule has 4 rings (SSSR count). The van der Waals surface area contributed by atoms with E-state index in [-0.39, 0.29) is 46.9 Å². The summed E-state index contributed by atoms with van der Waals surface area (Å²) < 4.78 is 29.4. The van der Waals surface area contributed by atoms with E-state index in [1.165, 1.54) is 15.5 Å². The van der Waals surface area contributed by atoms with Crippen LogP contribution in [-0.2, 0) is 17.9 Å². The number of hydrogen-bond donors (Lipinski definition) is 5. The van der Waals surface area contributed by atoms with Gasteiger partial charge in [0.05, 0.1) is 19.3 Å². The summed E-state index contributed by atoms with van der Waals surface area (Å²) in [7, 11) is 0. The van der Waals surface area contributed by atoms with E-state index in [1.807, 2.05) is 13.8 Å². The largest absolute Gasteiger partial charge is 0.503 e. The Labute approximate surface area is 221 Å². The minimum absolute atomic E-state index is 0.0211. The molecular weight excluding hydrogens is 514 g/mol. The number of anilines is 2. The fourth-order valence-electron chi connectivity index (χ4n) is 4.14. The quantitative estimate of drug-likeness (QED) is 0.209. The van der Waals surface area contributed by atoms with Gasteiger partial charge in [-0.05, 0) is 32.0 Å². The van der Waals surface area contributed by atoms with Crippen LogP contribution in [-0.4, -0.2) is 61.2 Å². The van der Waals surface area contributed by atoms with Crippen molar-refractivity contribution in [2.24, 2.45) is 0 Å². The van der Waals surface area contributed by atoms with Gasteiger partial charge in [-0.1, -0.05) is 0 Å². The van der Waals surface area contributed by atoms with E-state index in [2.05, 4.69) is 20.6 Å². The van der Waals surface area contributed by atoms with Crippen molar-refractivity contribution in [3.05, 3.63) is 75.1 Å². The van der Waals surface area contributed by atoms with Gasteiger partial charge < -0.3 is 30.9 Å². The van der Waals surface area contributed by atoms with Gasteiger partial charge in [-0.25, -0.2) is 18.7 Å². The van der Waals surface area contributed by atoms with Gasteiger partial charge in [-0.3, -0.25) is 19.8 Å². The third kappa shape index (κ3) is 5.54. The fraction of sp³-hybridized carbons (Fsp3) is 0.280. The molecule has 3 heterocycles. The molecule has 14 heteroatoms. The molecule has 204 valence electrons. The summed E-state index contributed by atoms with van der Waals surface area (Å²) >= 11 is 0. The number of benzene rings is 1. The van der Waals surface area contributed by atoms with E-state index >= 15 is 0 Å². The predicted molar refractivity (Wildman–Crippen MR) is 138 cm³/mol. The van der Waals surface area contributed by atoms with Crippen molar-refractivity contribution >= 4 is 29.0 Å². The van der Waals surface area contributed by atoms with Gasteiger partial charge in [0.1, 0.15) is 11.5 Å². The number of nitrogens with zero attached hydrogens (tertiary/aromatic N) is 4. The van der Waals surface area contributed by atoms with Gasteiger partial charge in [0.15, 0.2) is 28.9 Å².